The van der Waals surface area contributed by atoms with Crippen molar-refractivity contribution in [3.8, 4) is 5.75 Å². The Balaban J connectivity index is 1.49. The van der Waals surface area contributed by atoms with Crippen LogP contribution in [0.5, 0.6) is 5.75 Å². The molecule has 1 heterocycles. The molecule has 26 heavy (non-hydrogen) atoms. The number of hydrogen-bond donors (Lipinski definition) is 1. The topological polar surface area (TPSA) is 58.6 Å². The number of carbonyl (C=O) groups excluding carboxylic acids is 2. The number of methoxy groups -OCH3 is 1. The number of carbonyl (C=O) groups is 2. The highest BCUT2D eigenvalue weighted by Crippen LogP contribution is 2.22. The first kappa shape index (κ1) is 18.0. The van der Waals surface area contributed by atoms with E-state index in [1.165, 1.54) is 5.56 Å². The zero-order valence-electron chi connectivity index (χ0n) is 15.0. The smallest absolute Gasteiger partial charge is 0.225 e. The summed E-state index contributed by atoms with van der Waals surface area (Å²) < 4.78 is 5.22. The van der Waals surface area contributed by atoms with Crippen molar-refractivity contribution >= 4 is 11.8 Å². The predicted octanol–water partition coefficient (Wildman–Crippen LogP) is 2.40. The Morgan fingerprint density at radius 3 is 2.69 bits per heavy atom. The van der Waals surface area contributed by atoms with E-state index in [2.05, 4.69) is 5.32 Å². The Hall–Kier alpha value is -2.82. The monoisotopic (exact) mass is 352 g/mol. The lowest BCUT2D eigenvalue weighted by Crippen LogP contribution is -2.34. The highest BCUT2D eigenvalue weighted by molar-refractivity contribution is 5.89. The van der Waals surface area contributed by atoms with Crippen molar-refractivity contribution < 1.29 is 14.3 Å². The molecule has 1 fully saturated rings. The lowest BCUT2D eigenvalue weighted by molar-refractivity contribution is -0.129. The van der Waals surface area contributed by atoms with E-state index in [0.29, 0.717) is 19.6 Å². The molecule has 0 bridgehead atoms. The minimum absolute atomic E-state index is 0.0241. The molecule has 1 saturated heterocycles. The van der Waals surface area contributed by atoms with Crippen LogP contribution < -0.4 is 10.1 Å². The molecule has 5 nitrogen and oxygen atoms in total. The van der Waals surface area contributed by atoms with Crippen molar-refractivity contribution in [3.05, 3.63) is 65.7 Å². The van der Waals surface area contributed by atoms with Gasteiger partial charge in [0, 0.05) is 26.1 Å². The van der Waals surface area contributed by atoms with E-state index >= 15 is 0 Å². The first-order valence-corrected chi connectivity index (χ1v) is 8.88. The van der Waals surface area contributed by atoms with Crippen molar-refractivity contribution in [2.45, 2.75) is 19.4 Å². The molecule has 0 aromatic heterocycles. The maximum absolute atomic E-state index is 12.4. The number of rotatable bonds is 7. The van der Waals surface area contributed by atoms with Gasteiger partial charge in [0.25, 0.3) is 0 Å². The number of likely N-dealkylation sites (tertiary alicyclic amines) is 1. The van der Waals surface area contributed by atoms with Gasteiger partial charge in [-0.15, -0.1) is 0 Å². The van der Waals surface area contributed by atoms with Gasteiger partial charge in [-0.3, -0.25) is 9.59 Å². The fourth-order valence-corrected chi connectivity index (χ4v) is 3.21. The molecule has 1 atom stereocenters. The van der Waals surface area contributed by atoms with E-state index in [1.54, 1.807) is 12.0 Å². The van der Waals surface area contributed by atoms with Gasteiger partial charge in [-0.25, -0.2) is 0 Å². The highest BCUT2D eigenvalue weighted by Gasteiger charge is 2.34. The first-order chi connectivity index (χ1) is 12.7. The molecule has 0 saturated carbocycles. The van der Waals surface area contributed by atoms with Crippen LogP contribution in [0.3, 0.4) is 0 Å². The maximum Gasteiger partial charge on any atom is 0.225 e. The van der Waals surface area contributed by atoms with Gasteiger partial charge in [-0.1, -0.05) is 42.5 Å². The predicted molar refractivity (Wildman–Crippen MR) is 99.7 cm³/mol. The molecular weight excluding hydrogens is 328 g/mol. The standard InChI is InChI=1S/C21H24N2O3/c1-26-19-9-5-8-17(12-19)14-23-15-18(13-20(23)24)21(25)22-11-10-16-6-3-2-4-7-16/h2-9,12,18H,10-11,13-15H2,1H3,(H,22,25). The molecule has 136 valence electrons. The molecule has 1 aliphatic heterocycles. The van der Waals surface area contributed by atoms with Crippen LogP contribution in [-0.2, 0) is 22.6 Å². The van der Waals surface area contributed by atoms with Crippen molar-refractivity contribution in [1.82, 2.24) is 10.2 Å². The van der Waals surface area contributed by atoms with Gasteiger partial charge >= 0.3 is 0 Å². The third-order valence-electron chi connectivity index (χ3n) is 4.65. The number of benzene rings is 2. The number of nitrogens with one attached hydrogen (secondary N) is 1. The van der Waals surface area contributed by atoms with Crippen LogP contribution in [0.4, 0.5) is 0 Å². The van der Waals surface area contributed by atoms with Gasteiger partial charge in [0.1, 0.15) is 5.75 Å². The Labute approximate surface area is 154 Å². The largest absolute Gasteiger partial charge is 0.497 e. The second kappa shape index (κ2) is 8.52. The molecule has 2 aromatic rings. The summed E-state index contributed by atoms with van der Waals surface area (Å²) in [5.74, 6) is 0.478. The second-order valence-corrected chi connectivity index (χ2v) is 6.55. The third-order valence-corrected chi connectivity index (χ3v) is 4.65. The minimum atomic E-state index is -0.274. The summed E-state index contributed by atoms with van der Waals surface area (Å²) in [5, 5.41) is 2.96. The van der Waals surface area contributed by atoms with Crippen LogP contribution >= 0.6 is 0 Å². The second-order valence-electron chi connectivity index (χ2n) is 6.55. The molecule has 2 amide bonds. The van der Waals surface area contributed by atoms with Crippen molar-refractivity contribution in [2.75, 3.05) is 20.2 Å². The first-order valence-electron chi connectivity index (χ1n) is 8.88. The number of hydrogen-bond acceptors (Lipinski definition) is 3. The van der Waals surface area contributed by atoms with Gasteiger partial charge in [-0.2, -0.15) is 0 Å². The van der Waals surface area contributed by atoms with E-state index in [9.17, 15) is 9.59 Å². The minimum Gasteiger partial charge on any atom is -0.497 e. The summed E-state index contributed by atoms with van der Waals surface area (Å²) in [4.78, 5) is 26.4. The average Bonchev–Trinajstić information content (AvgIpc) is 3.03. The Kier molecular flexibility index (Phi) is 5.89. The lowest BCUT2D eigenvalue weighted by Gasteiger charge is -2.17. The molecule has 0 radical (unpaired) electrons. The Morgan fingerprint density at radius 1 is 1.15 bits per heavy atom. The summed E-state index contributed by atoms with van der Waals surface area (Å²) in [7, 11) is 1.62. The summed E-state index contributed by atoms with van der Waals surface area (Å²) in [6.07, 6.45) is 1.07. The fourth-order valence-electron chi connectivity index (χ4n) is 3.21. The van der Waals surface area contributed by atoms with Crippen molar-refractivity contribution in [3.63, 3.8) is 0 Å². The molecular formula is C21H24N2O3. The third kappa shape index (κ3) is 4.63. The summed E-state index contributed by atoms with van der Waals surface area (Å²) in [6.45, 7) is 1.56. The maximum atomic E-state index is 12.4. The SMILES string of the molecule is COc1cccc(CN2CC(C(=O)NCCc3ccccc3)CC2=O)c1. The molecule has 3 rings (SSSR count). The van der Waals surface area contributed by atoms with Gasteiger partial charge in [0.15, 0.2) is 0 Å². The van der Waals surface area contributed by atoms with Crippen LogP contribution in [-0.4, -0.2) is 36.9 Å². The number of nitrogens with zero attached hydrogens (tertiary/aromatic N) is 1. The van der Waals surface area contributed by atoms with Crippen LogP contribution in [0.2, 0.25) is 0 Å². The van der Waals surface area contributed by atoms with E-state index < -0.39 is 0 Å². The Morgan fingerprint density at radius 2 is 1.92 bits per heavy atom. The average molecular weight is 352 g/mol. The van der Waals surface area contributed by atoms with E-state index in [-0.39, 0.29) is 24.2 Å². The quantitative estimate of drug-likeness (QED) is 0.832. The molecule has 5 heteroatoms. The molecule has 0 aliphatic carbocycles. The van der Waals surface area contributed by atoms with E-state index in [0.717, 1.165) is 17.7 Å². The molecule has 2 aromatic carbocycles. The molecule has 0 spiro atoms. The number of amides is 2. The summed E-state index contributed by atoms with van der Waals surface area (Å²) in [6, 6.07) is 17.7. The van der Waals surface area contributed by atoms with Crippen LogP contribution in [0, 0.1) is 5.92 Å². The summed E-state index contributed by atoms with van der Waals surface area (Å²) >= 11 is 0. The normalized spacial score (nSPS) is 16.6. The van der Waals surface area contributed by atoms with Crippen LogP contribution in [0.15, 0.2) is 54.6 Å². The molecule has 1 unspecified atom stereocenters. The van der Waals surface area contributed by atoms with Gasteiger partial charge < -0.3 is 15.0 Å². The molecule has 1 N–H and O–H groups in total. The summed E-state index contributed by atoms with van der Waals surface area (Å²) in [5.41, 5.74) is 2.19. The fraction of sp³-hybridized carbons (Fsp3) is 0.333. The van der Waals surface area contributed by atoms with Crippen LogP contribution in [0.1, 0.15) is 17.5 Å². The van der Waals surface area contributed by atoms with Gasteiger partial charge in [0.2, 0.25) is 11.8 Å². The highest BCUT2D eigenvalue weighted by atomic mass is 16.5. The van der Waals surface area contributed by atoms with E-state index in [4.69, 9.17) is 4.74 Å². The van der Waals surface area contributed by atoms with Crippen molar-refractivity contribution in [2.24, 2.45) is 5.92 Å². The number of ether oxygens (including phenoxy) is 1. The zero-order chi connectivity index (χ0) is 18.4. The van der Waals surface area contributed by atoms with Gasteiger partial charge in [-0.05, 0) is 29.7 Å². The Bertz CT molecular complexity index is 761. The van der Waals surface area contributed by atoms with Crippen molar-refractivity contribution in [1.29, 1.82) is 0 Å². The lowest BCUT2D eigenvalue weighted by atomic mass is 10.1. The van der Waals surface area contributed by atoms with Crippen LogP contribution in [0.25, 0.3) is 0 Å². The van der Waals surface area contributed by atoms with E-state index in [1.807, 2.05) is 54.6 Å². The molecule has 1 aliphatic rings. The van der Waals surface area contributed by atoms with Gasteiger partial charge in [0.05, 0.1) is 13.0 Å². The zero-order valence-corrected chi connectivity index (χ0v) is 15.0.